The predicted octanol–water partition coefficient (Wildman–Crippen LogP) is 4.69. The van der Waals surface area contributed by atoms with Crippen LogP contribution in [0.25, 0.3) is 10.9 Å². The minimum absolute atomic E-state index is 0.126. The summed E-state index contributed by atoms with van der Waals surface area (Å²) in [4.78, 5) is 2.63. The zero-order valence-electron chi connectivity index (χ0n) is 14.9. The van der Waals surface area contributed by atoms with Gasteiger partial charge in [0.15, 0.2) is 0 Å². The molecule has 0 spiro atoms. The Balaban J connectivity index is 1.27. The number of H-pyrrole nitrogens is 1. The molecule has 0 amide bonds. The number of nitrogens with one attached hydrogen (secondary N) is 1. The summed E-state index contributed by atoms with van der Waals surface area (Å²) in [5.74, 6) is 0.625. The van der Waals surface area contributed by atoms with Crippen molar-refractivity contribution in [3.8, 4) is 0 Å². The quantitative estimate of drug-likeness (QED) is 0.741. The van der Waals surface area contributed by atoms with Gasteiger partial charge in [-0.1, -0.05) is 18.2 Å². The fourth-order valence-electron chi connectivity index (χ4n) is 5.11. The van der Waals surface area contributed by atoms with E-state index in [9.17, 15) is 4.39 Å². The highest BCUT2D eigenvalue weighted by molar-refractivity contribution is 5.78. The topological polar surface area (TPSA) is 31.9 Å². The van der Waals surface area contributed by atoms with E-state index in [2.05, 4.69) is 39.4 Å². The van der Waals surface area contributed by atoms with Crippen molar-refractivity contribution in [3.63, 3.8) is 0 Å². The highest BCUT2D eigenvalue weighted by atomic mass is 19.1. The number of benzene rings is 2. The van der Waals surface area contributed by atoms with Gasteiger partial charge in [-0.3, -0.25) is 10.00 Å². The summed E-state index contributed by atoms with van der Waals surface area (Å²) in [5.41, 5.74) is 3.63. The molecule has 0 radical (unpaired) electrons. The van der Waals surface area contributed by atoms with Crippen LogP contribution in [-0.2, 0) is 13.0 Å². The first-order valence-corrected chi connectivity index (χ1v) is 9.67. The lowest BCUT2D eigenvalue weighted by molar-refractivity contribution is 0.0960. The minimum atomic E-state index is -0.126. The van der Waals surface area contributed by atoms with Crippen molar-refractivity contribution in [1.82, 2.24) is 15.1 Å². The van der Waals surface area contributed by atoms with E-state index in [1.165, 1.54) is 42.7 Å². The zero-order valence-corrected chi connectivity index (χ0v) is 14.9. The standard InChI is InChI=1S/C22H24FN3/c23-19-3-1-2-16(10-19)14-26-20-5-6-21(26)12-17(11-20)8-15-4-7-22-18(9-15)13-24-25-22/h1-4,7,9-10,13,17,20-21H,5-6,8,11-12,14H2,(H,24,25). The van der Waals surface area contributed by atoms with Crippen LogP contribution in [0.2, 0.25) is 0 Å². The maximum atomic E-state index is 13.5. The first-order valence-electron chi connectivity index (χ1n) is 9.67. The molecule has 1 N–H and O–H groups in total. The molecule has 4 heteroatoms. The molecule has 2 unspecified atom stereocenters. The average molecular weight is 349 g/mol. The Labute approximate surface area is 153 Å². The number of piperidine rings is 1. The summed E-state index contributed by atoms with van der Waals surface area (Å²) in [7, 11) is 0. The molecule has 0 saturated carbocycles. The van der Waals surface area contributed by atoms with Crippen molar-refractivity contribution >= 4 is 10.9 Å². The van der Waals surface area contributed by atoms with Gasteiger partial charge in [-0.15, -0.1) is 0 Å². The van der Waals surface area contributed by atoms with E-state index in [4.69, 9.17) is 0 Å². The van der Waals surface area contributed by atoms with Crippen LogP contribution < -0.4 is 0 Å². The van der Waals surface area contributed by atoms with Crippen molar-refractivity contribution in [1.29, 1.82) is 0 Å². The molecule has 2 saturated heterocycles. The molecular formula is C22H24FN3. The number of aromatic amines is 1. The Morgan fingerprint density at radius 3 is 2.69 bits per heavy atom. The number of hydrogen-bond acceptors (Lipinski definition) is 2. The van der Waals surface area contributed by atoms with Gasteiger partial charge < -0.3 is 0 Å². The molecule has 134 valence electrons. The lowest BCUT2D eigenvalue weighted by atomic mass is 9.85. The van der Waals surface area contributed by atoms with E-state index in [0.29, 0.717) is 12.1 Å². The Morgan fingerprint density at radius 2 is 1.88 bits per heavy atom. The van der Waals surface area contributed by atoms with E-state index < -0.39 is 0 Å². The third kappa shape index (κ3) is 3.03. The molecule has 3 heterocycles. The Morgan fingerprint density at radius 1 is 1.04 bits per heavy atom. The highest BCUT2D eigenvalue weighted by Gasteiger charge is 2.40. The van der Waals surface area contributed by atoms with Gasteiger partial charge >= 0.3 is 0 Å². The number of nitrogens with zero attached hydrogens (tertiary/aromatic N) is 2. The largest absolute Gasteiger partial charge is 0.293 e. The molecule has 3 nitrogen and oxygen atoms in total. The Kier molecular flexibility index (Phi) is 4.01. The fraction of sp³-hybridized carbons (Fsp3) is 0.409. The molecule has 5 rings (SSSR count). The van der Waals surface area contributed by atoms with Crippen molar-refractivity contribution in [2.45, 2.75) is 50.7 Å². The van der Waals surface area contributed by atoms with E-state index in [0.717, 1.165) is 30.0 Å². The number of fused-ring (bicyclic) bond motifs is 3. The third-order valence-electron chi connectivity index (χ3n) is 6.27. The van der Waals surface area contributed by atoms with E-state index >= 15 is 0 Å². The van der Waals surface area contributed by atoms with Crippen LogP contribution in [0.5, 0.6) is 0 Å². The molecule has 26 heavy (non-hydrogen) atoms. The Bertz CT molecular complexity index is 904. The fourth-order valence-corrected chi connectivity index (χ4v) is 5.11. The summed E-state index contributed by atoms with van der Waals surface area (Å²) < 4.78 is 13.5. The summed E-state index contributed by atoms with van der Waals surface area (Å²) >= 11 is 0. The zero-order chi connectivity index (χ0) is 17.5. The molecule has 2 bridgehead atoms. The third-order valence-corrected chi connectivity index (χ3v) is 6.27. The smallest absolute Gasteiger partial charge is 0.123 e. The average Bonchev–Trinajstić information content (AvgIpc) is 3.17. The van der Waals surface area contributed by atoms with E-state index in [-0.39, 0.29) is 5.82 Å². The second-order valence-electron chi connectivity index (χ2n) is 8.02. The number of rotatable bonds is 4. The van der Waals surface area contributed by atoms with E-state index in [1.807, 2.05) is 12.3 Å². The van der Waals surface area contributed by atoms with Crippen molar-refractivity contribution < 1.29 is 4.39 Å². The van der Waals surface area contributed by atoms with Gasteiger partial charge in [0.05, 0.1) is 11.7 Å². The lowest BCUT2D eigenvalue weighted by Gasteiger charge is -2.39. The van der Waals surface area contributed by atoms with Gasteiger partial charge in [0.25, 0.3) is 0 Å². The molecule has 2 fully saturated rings. The van der Waals surface area contributed by atoms with Gasteiger partial charge in [0.1, 0.15) is 5.82 Å². The van der Waals surface area contributed by atoms with Crippen LogP contribution in [0.4, 0.5) is 4.39 Å². The van der Waals surface area contributed by atoms with Crippen molar-refractivity contribution in [2.75, 3.05) is 0 Å². The van der Waals surface area contributed by atoms with Crippen LogP contribution >= 0.6 is 0 Å². The van der Waals surface area contributed by atoms with Gasteiger partial charge in [0.2, 0.25) is 0 Å². The highest BCUT2D eigenvalue weighted by Crippen LogP contribution is 2.40. The molecule has 3 aromatic rings. The lowest BCUT2D eigenvalue weighted by Crippen LogP contribution is -2.42. The monoisotopic (exact) mass is 349 g/mol. The second kappa shape index (κ2) is 6.51. The molecule has 2 atom stereocenters. The summed E-state index contributed by atoms with van der Waals surface area (Å²) in [6.07, 6.45) is 8.16. The molecule has 2 aliphatic rings. The summed E-state index contributed by atoms with van der Waals surface area (Å²) in [5, 5.41) is 8.35. The van der Waals surface area contributed by atoms with Gasteiger partial charge in [-0.2, -0.15) is 5.10 Å². The maximum Gasteiger partial charge on any atom is 0.123 e. The van der Waals surface area contributed by atoms with Crippen LogP contribution in [0.3, 0.4) is 0 Å². The first kappa shape index (κ1) is 16.0. The van der Waals surface area contributed by atoms with Crippen molar-refractivity contribution in [2.24, 2.45) is 5.92 Å². The van der Waals surface area contributed by atoms with Crippen LogP contribution in [0.15, 0.2) is 48.7 Å². The van der Waals surface area contributed by atoms with Crippen LogP contribution in [0, 0.1) is 11.7 Å². The summed E-state index contributed by atoms with van der Waals surface area (Å²) in [6.45, 7) is 0.890. The second-order valence-corrected chi connectivity index (χ2v) is 8.02. The van der Waals surface area contributed by atoms with E-state index in [1.54, 1.807) is 6.07 Å². The Hall–Kier alpha value is -2.20. The van der Waals surface area contributed by atoms with Crippen molar-refractivity contribution in [3.05, 3.63) is 65.6 Å². The SMILES string of the molecule is Fc1cccc(CN2C3CCC2CC(Cc2ccc4[nH]ncc4c2)C3)c1. The van der Waals surface area contributed by atoms with Gasteiger partial charge in [0, 0.05) is 24.0 Å². The molecule has 2 aliphatic heterocycles. The predicted molar refractivity (Wildman–Crippen MR) is 101 cm³/mol. The first-order chi connectivity index (χ1) is 12.7. The molecule has 1 aromatic heterocycles. The molecule has 0 aliphatic carbocycles. The van der Waals surface area contributed by atoms with Gasteiger partial charge in [-0.05, 0) is 73.4 Å². The number of aromatic nitrogens is 2. The number of hydrogen-bond donors (Lipinski definition) is 1. The molecular weight excluding hydrogens is 325 g/mol. The van der Waals surface area contributed by atoms with Crippen LogP contribution in [-0.4, -0.2) is 27.2 Å². The molecule has 2 aromatic carbocycles. The van der Waals surface area contributed by atoms with Gasteiger partial charge in [-0.25, -0.2) is 4.39 Å². The maximum absolute atomic E-state index is 13.5. The van der Waals surface area contributed by atoms with Crippen LogP contribution in [0.1, 0.15) is 36.8 Å². The number of halogens is 1. The minimum Gasteiger partial charge on any atom is -0.293 e. The summed E-state index contributed by atoms with van der Waals surface area (Å²) in [6, 6.07) is 15.1. The normalized spacial score (nSPS) is 25.8.